The zero-order valence-corrected chi connectivity index (χ0v) is 44.9. The highest BCUT2D eigenvalue weighted by Gasteiger charge is 2.19. The molecule has 0 aliphatic carbocycles. The number of ether oxygens (including phenoxy) is 3. The van der Waals surface area contributed by atoms with E-state index in [0.29, 0.717) is 19.3 Å². The van der Waals surface area contributed by atoms with Gasteiger partial charge >= 0.3 is 17.9 Å². The predicted molar refractivity (Wildman–Crippen MR) is 293 cm³/mol. The molecular formula is C62H108O6. The van der Waals surface area contributed by atoms with Crippen molar-refractivity contribution in [2.45, 2.75) is 290 Å². The van der Waals surface area contributed by atoms with E-state index >= 15 is 0 Å². The first-order valence-electron chi connectivity index (χ1n) is 28.9. The van der Waals surface area contributed by atoms with Crippen LogP contribution in [-0.4, -0.2) is 37.2 Å². The number of hydrogen-bond acceptors (Lipinski definition) is 6. The number of unbranched alkanes of at least 4 members (excludes halogenated alkanes) is 29. The molecule has 0 aromatic heterocycles. The zero-order valence-electron chi connectivity index (χ0n) is 44.9. The summed E-state index contributed by atoms with van der Waals surface area (Å²) >= 11 is 0. The summed E-state index contributed by atoms with van der Waals surface area (Å²) in [7, 11) is 0. The van der Waals surface area contributed by atoms with Crippen molar-refractivity contribution in [3.63, 3.8) is 0 Å². The van der Waals surface area contributed by atoms with Crippen molar-refractivity contribution in [3.05, 3.63) is 72.9 Å². The SMILES string of the molecule is CC/C=C\C/C=C\C/C=C\C/C=C\C/C=C\CCCCCCCCCCCCCCCCCC(=O)OCC(COC(=O)CCCCCCCCC)OC(=O)CCCCCCC/C=C\CCCCC. The van der Waals surface area contributed by atoms with Crippen LogP contribution >= 0.6 is 0 Å². The molecule has 0 aliphatic rings. The van der Waals surface area contributed by atoms with Crippen molar-refractivity contribution in [2.24, 2.45) is 0 Å². The predicted octanol–water partition coefficient (Wildman–Crippen LogP) is 19.4. The van der Waals surface area contributed by atoms with Crippen molar-refractivity contribution in [1.29, 1.82) is 0 Å². The molecule has 0 bridgehead atoms. The molecule has 0 saturated heterocycles. The van der Waals surface area contributed by atoms with Crippen LogP contribution in [0.25, 0.3) is 0 Å². The quantitative estimate of drug-likeness (QED) is 0.0262. The molecule has 1 atom stereocenters. The lowest BCUT2D eigenvalue weighted by Gasteiger charge is -2.18. The average molecular weight is 950 g/mol. The maximum absolute atomic E-state index is 12.7. The highest BCUT2D eigenvalue weighted by atomic mass is 16.6. The fraction of sp³-hybridized carbons (Fsp3) is 0.758. The van der Waals surface area contributed by atoms with Gasteiger partial charge in [0.15, 0.2) is 6.10 Å². The molecular weight excluding hydrogens is 841 g/mol. The van der Waals surface area contributed by atoms with Gasteiger partial charge in [0.05, 0.1) is 0 Å². The lowest BCUT2D eigenvalue weighted by atomic mass is 10.0. The highest BCUT2D eigenvalue weighted by Crippen LogP contribution is 2.16. The van der Waals surface area contributed by atoms with Gasteiger partial charge in [0.1, 0.15) is 13.2 Å². The van der Waals surface area contributed by atoms with Crippen molar-refractivity contribution >= 4 is 17.9 Å². The summed E-state index contributed by atoms with van der Waals surface area (Å²) in [5.74, 6) is -0.885. The van der Waals surface area contributed by atoms with Crippen LogP contribution in [0.15, 0.2) is 72.9 Å². The van der Waals surface area contributed by atoms with Gasteiger partial charge in [0.25, 0.3) is 0 Å². The van der Waals surface area contributed by atoms with E-state index in [1.807, 2.05) is 0 Å². The molecule has 0 radical (unpaired) electrons. The van der Waals surface area contributed by atoms with Crippen LogP contribution in [0, 0.1) is 0 Å². The summed E-state index contributed by atoms with van der Waals surface area (Å²) in [6.45, 7) is 6.46. The lowest BCUT2D eigenvalue weighted by molar-refractivity contribution is -0.167. The van der Waals surface area contributed by atoms with E-state index in [9.17, 15) is 14.4 Å². The fourth-order valence-electron chi connectivity index (χ4n) is 8.11. The molecule has 0 fully saturated rings. The first kappa shape index (κ1) is 64.8. The Morgan fingerprint density at radius 2 is 0.574 bits per heavy atom. The third-order valence-electron chi connectivity index (χ3n) is 12.4. The van der Waals surface area contributed by atoms with Crippen molar-refractivity contribution < 1.29 is 28.6 Å². The van der Waals surface area contributed by atoms with Crippen molar-refractivity contribution in [1.82, 2.24) is 0 Å². The number of rotatable bonds is 52. The molecule has 6 nitrogen and oxygen atoms in total. The van der Waals surface area contributed by atoms with Crippen molar-refractivity contribution in [2.75, 3.05) is 13.2 Å². The Kier molecular flexibility index (Phi) is 53.8. The molecule has 0 heterocycles. The standard InChI is InChI=1S/C62H108O6/c1-4-7-10-13-16-18-20-22-23-24-25-26-27-28-29-30-31-32-33-34-35-36-37-38-39-40-42-43-46-49-52-55-61(64)67-58-59(57-66-60(63)54-51-48-45-15-12-9-6-3)68-62(65)56-53-50-47-44-41-21-19-17-14-11-8-5-2/h7,10,16-19,22-23,25-26,28-29,59H,4-6,8-9,11-15,20-21,24,27,30-58H2,1-3H3/b10-7-,18-16-,19-17-,23-22-,26-25-,29-28-. The second kappa shape index (κ2) is 56.4. The summed E-state index contributed by atoms with van der Waals surface area (Å²) in [6, 6.07) is 0. The van der Waals surface area contributed by atoms with Crippen LogP contribution in [0.3, 0.4) is 0 Å². The third kappa shape index (κ3) is 53.8. The Morgan fingerprint density at radius 3 is 0.941 bits per heavy atom. The number of carbonyl (C=O) groups is 3. The molecule has 392 valence electrons. The van der Waals surface area contributed by atoms with Gasteiger partial charge in [-0.25, -0.2) is 0 Å². The molecule has 0 rings (SSSR count). The van der Waals surface area contributed by atoms with Gasteiger partial charge in [-0.15, -0.1) is 0 Å². The van der Waals surface area contributed by atoms with Gasteiger partial charge < -0.3 is 14.2 Å². The number of allylic oxidation sites excluding steroid dienone is 12. The smallest absolute Gasteiger partial charge is 0.306 e. The molecule has 0 amide bonds. The monoisotopic (exact) mass is 949 g/mol. The van der Waals surface area contributed by atoms with E-state index in [0.717, 1.165) is 103 Å². The lowest BCUT2D eigenvalue weighted by Crippen LogP contribution is -2.30. The Bertz CT molecular complexity index is 1270. The van der Waals surface area contributed by atoms with Crippen LogP contribution in [-0.2, 0) is 28.6 Å². The van der Waals surface area contributed by atoms with E-state index in [2.05, 4.69) is 93.7 Å². The van der Waals surface area contributed by atoms with E-state index in [-0.39, 0.29) is 31.1 Å². The normalized spacial score (nSPS) is 12.6. The molecule has 0 N–H and O–H groups in total. The molecule has 0 saturated carbocycles. The Labute approximate surface area is 421 Å². The highest BCUT2D eigenvalue weighted by molar-refractivity contribution is 5.71. The first-order valence-corrected chi connectivity index (χ1v) is 28.9. The second-order valence-corrected chi connectivity index (χ2v) is 19.2. The van der Waals surface area contributed by atoms with Crippen LogP contribution < -0.4 is 0 Å². The van der Waals surface area contributed by atoms with Gasteiger partial charge in [-0.1, -0.05) is 248 Å². The topological polar surface area (TPSA) is 78.9 Å². The minimum atomic E-state index is -0.773. The van der Waals surface area contributed by atoms with Gasteiger partial charge in [0, 0.05) is 19.3 Å². The molecule has 0 spiro atoms. The summed E-state index contributed by atoms with van der Waals surface area (Å²) in [6.07, 6.45) is 72.2. The Balaban J connectivity index is 4.02. The van der Waals surface area contributed by atoms with E-state index in [1.54, 1.807) is 0 Å². The van der Waals surface area contributed by atoms with Gasteiger partial charge in [-0.3, -0.25) is 14.4 Å². The van der Waals surface area contributed by atoms with Crippen LogP contribution in [0.4, 0.5) is 0 Å². The second-order valence-electron chi connectivity index (χ2n) is 19.2. The molecule has 0 aromatic rings. The molecule has 1 unspecified atom stereocenters. The zero-order chi connectivity index (χ0) is 49.3. The summed E-state index contributed by atoms with van der Waals surface area (Å²) in [4.78, 5) is 37.8. The van der Waals surface area contributed by atoms with Gasteiger partial charge in [-0.2, -0.15) is 0 Å². The van der Waals surface area contributed by atoms with Crippen LogP contribution in [0.2, 0.25) is 0 Å². The first-order chi connectivity index (χ1) is 33.5. The number of hydrogen-bond donors (Lipinski definition) is 0. The molecule has 0 aliphatic heterocycles. The minimum Gasteiger partial charge on any atom is -0.462 e. The summed E-state index contributed by atoms with van der Waals surface area (Å²) in [5.41, 5.74) is 0. The van der Waals surface area contributed by atoms with Gasteiger partial charge in [0.2, 0.25) is 0 Å². The number of esters is 3. The fourth-order valence-corrected chi connectivity index (χ4v) is 8.11. The van der Waals surface area contributed by atoms with E-state index in [4.69, 9.17) is 14.2 Å². The molecule has 6 heteroatoms. The summed E-state index contributed by atoms with van der Waals surface area (Å²) in [5, 5.41) is 0. The molecule has 0 aromatic carbocycles. The summed E-state index contributed by atoms with van der Waals surface area (Å²) < 4.78 is 16.7. The van der Waals surface area contributed by atoms with Crippen molar-refractivity contribution in [3.8, 4) is 0 Å². The maximum atomic E-state index is 12.7. The van der Waals surface area contributed by atoms with E-state index < -0.39 is 6.10 Å². The van der Waals surface area contributed by atoms with Gasteiger partial charge in [-0.05, 0) is 89.9 Å². The molecule has 68 heavy (non-hydrogen) atoms. The largest absolute Gasteiger partial charge is 0.462 e. The van der Waals surface area contributed by atoms with Crippen LogP contribution in [0.5, 0.6) is 0 Å². The average Bonchev–Trinajstić information content (AvgIpc) is 3.34. The number of carbonyl (C=O) groups excluding carboxylic acids is 3. The minimum absolute atomic E-state index is 0.0756. The van der Waals surface area contributed by atoms with E-state index in [1.165, 1.54) is 141 Å². The van der Waals surface area contributed by atoms with Crippen LogP contribution in [0.1, 0.15) is 284 Å². The third-order valence-corrected chi connectivity index (χ3v) is 12.4. The Morgan fingerprint density at radius 1 is 0.309 bits per heavy atom. The maximum Gasteiger partial charge on any atom is 0.306 e. The Hall–Kier alpha value is -3.15.